The van der Waals surface area contributed by atoms with Crippen LogP contribution >= 0.6 is 23.4 Å². The molecule has 5 heteroatoms. The van der Waals surface area contributed by atoms with Gasteiger partial charge in [-0.25, -0.2) is 0 Å². The van der Waals surface area contributed by atoms with Crippen molar-refractivity contribution in [2.24, 2.45) is 0 Å². The Labute approximate surface area is 202 Å². The molecule has 1 aliphatic rings. The quantitative estimate of drug-likeness (QED) is 0.278. The average molecular weight is 470 g/mol. The fraction of sp³-hybridized carbons (Fsp3) is 0.0357. The number of benzene rings is 4. The lowest BCUT2D eigenvalue weighted by Crippen LogP contribution is -2.27. The molecule has 1 aliphatic heterocycles. The molecular weight excluding hydrogens is 450 g/mol. The number of rotatable bonds is 5. The van der Waals surface area contributed by atoms with E-state index in [0.29, 0.717) is 21.4 Å². The summed E-state index contributed by atoms with van der Waals surface area (Å²) in [5.41, 5.74) is 2.64. The monoisotopic (exact) mass is 469 g/mol. The Hall–Kier alpha value is -3.47. The highest BCUT2D eigenvalue weighted by molar-refractivity contribution is 8.05. The normalized spacial score (nSPS) is 16.9. The van der Waals surface area contributed by atoms with E-state index in [4.69, 9.17) is 16.3 Å². The number of carbonyl (C=O) groups excluding carboxylic acids is 1. The molecule has 1 heterocycles. The number of carbonyl (C=O) groups is 1. The average Bonchev–Trinajstić information content (AvgIpc) is 3.16. The third-order valence-corrected chi connectivity index (χ3v) is 6.81. The summed E-state index contributed by atoms with van der Waals surface area (Å²) in [6.07, 6.45) is 1.91. The number of nitrogens with zero attached hydrogens (tertiary/aromatic N) is 1. The van der Waals surface area contributed by atoms with Crippen molar-refractivity contribution < 1.29 is 9.53 Å². The number of ether oxygens (including phenoxy) is 1. The maximum absolute atomic E-state index is 13.6. The summed E-state index contributed by atoms with van der Waals surface area (Å²) >= 11 is 8.02. The molecule has 1 fully saturated rings. The largest absolute Gasteiger partial charge is 0.457 e. The third kappa shape index (κ3) is 4.68. The topological polar surface area (TPSA) is 29.5 Å². The van der Waals surface area contributed by atoms with Crippen molar-refractivity contribution in [1.29, 1.82) is 0 Å². The van der Waals surface area contributed by atoms with Crippen LogP contribution in [-0.2, 0) is 4.79 Å². The van der Waals surface area contributed by atoms with Gasteiger partial charge in [-0.15, -0.1) is 0 Å². The second-order valence-electron chi connectivity index (χ2n) is 7.50. The van der Waals surface area contributed by atoms with Crippen molar-refractivity contribution >= 4 is 41.0 Å². The summed E-state index contributed by atoms with van der Waals surface area (Å²) in [4.78, 5) is 16.0. The molecule has 0 N–H and O–H groups in total. The summed E-state index contributed by atoms with van der Waals surface area (Å²) in [5.74, 6) is 1.41. The van der Waals surface area contributed by atoms with Gasteiger partial charge in [0.15, 0.2) is 0 Å². The number of halogens is 1. The molecular formula is C28H20ClNO2S. The molecule has 1 saturated heterocycles. The first kappa shape index (κ1) is 21.4. The Balaban J connectivity index is 1.49. The molecule has 33 heavy (non-hydrogen) atoms. The summed E-state index contributed by atoms with van der Waals surface area (Å²) in [5, 5.41) is 0.348. The third-order valence-electron chi connectivity index (χ3n) is 5.23. The first-order valence-corrected chi connectivity index (χ1v) is 11.8. The molecule has 3 nitrogen and oxygen atoms in total. The Morgan fingerprint density at radius 1 is 0.788 bits per heavy atom. The van der Waals surface area contributed by atoms with Gasteiger partial charge in [0.2, 0.25) is 0 Å². The standard InChI is InChI=1S/C28H20ClNO2S/c29-24-16-7-8-17-25(24)30-27(31)26(33-28(30)21-11-3-1-4-12-21)19-20-10-9-15-23(18-20)32-22-13-5-2-6-14-22/h1-19,28H/b26-19-. The van der Waals surface area contributed by atoms with E-state index in [9.17, 15) is 4.79 Å². The molecule has 0 aliphatic carbocycles. The van der Waals surface area contributed by atoms with Gasteiger partial charge >= 0.3 is 0 Å². The first-order chi connectivity index (χ1) is 16.2. The number of hydrogen-bond donors (Lipinski definition) is 0. The molecule has 1 atom stereocenters. The van der Waals surface area contributed by atoms with Gasteiger partial charge in [0.25, 0.3) is 5.91 Å². The molecule has 4 aromatic rings. The van der Waals surface area contributed by atoms with Crippen molar-refractivity contribution in [1.82, 2.24) is 0 Å². The van der Waals surface area contributed by atoms with Gasteiger partial charge in [0, 0.05) is 0 Å². The highest BCUT2D eigenvalue weighted by Crippen LogP contribution is 2.49. The minimum atomic E-state index is -0.200. The van der Waals surface area contributed by atoms with Crippen molar-refractivity contribution in [2.75, 3.05) is 4.90 Å². The minimum absolute atomic E-state index is 0.0728. The van der Waals surface area contributed by atoms with Crippen LogP contribution in [-0.4, -0.2) is 5.91 Å². The Kier molecular flexibility index (Phi) is 6.20. The Morgan fingerprint density at radius 3 is 2.21 bits per heavy atom. The van der Waals surface area contributed by atoms with Crippen LogP contribution in [0.3, 0.4) is 0 Å². The second kappa shape index (κ2) is 9.57. The Morgan fingerprint density at radius 2 is 1.45 bits per heavy atom. The number of para-hydroxylation sites is 2. The van der Waals surface area contributed by atoms with Crippen LogP contribution in [0.15, 0.2) is 114 Å². The van der Waals surface area contributed by atoms with Crippen molar-refractivity contribution in [3.8, 4) is 11.5 Å². The van der Waals surface area contributed by atoms with Crippen molar-refractivity contribution in [3.63, 3.8) is 0 Å². The zero-order valence-corrected chi connectivity index (χ0v) is 19.2. The van der Waals surface area contributed by atoms with Gasteiger partial charge in [0.05, 0.1) is 15.6 Å². The highest BCUT2D eigenvalue weighted by atomic mass is 35.5. The number of hydrogen-bond acceptors (Lipinski definition) is 3. The van der Waals surface area contributed by atoms with Crippen molar-refractivity contribution in [3.05, 3.63) is 130 Å². The molecule has 4 aromatic carbocycles. The summed E-state index contributed by atoms with van der Waals surface area (Å²) in [6, 6.07) is 34.8. The number of anilines is 1. The maximum atomic E-state index is 13.6. The van der Waals surface area contributed by atoms with Crippen LogP contribution in [0.2, 0.25) is 5.02 Å². The SMILES string of the molecule is O=C1/C(=C/c2cccc(Oc3ccccc3)c2)SC(c2ccccc2)N1c1ccccc1Cl. The maximum Gasteiger partial charge on any atom is 0.266 e. The van der Waals surface area contributed by atoms with Gasteiger partial charge < -0.3 is 4.74 Å². The number of amides is 1. The summed E-state index contributed by atoms with van der Waals surface area (Å²) in [7, 11) is 0. The van der Waals surface area contributed by atoms with E-state index in [0.717, 1.165) is 16.9 Å². The molecule has 0 bridgehead atoms. The van der Waals surface area contributed by atoms with E-state index in [1.54, 1.807) is 4.90 Å². The van der Waals surface area contributed by atoms with Gasteiger partial charge in [-0.3, -0.25) is 9.69 Å². The van der Waals surface area contributed by atoms with E-state index in [2.05, 4.69) is 0 Å². The Bertz CT molecular complexity index is 1310. The zero-order chi connectivity index (χ0) is 22.6. The smallest absolute Gasteiger partial charge is 0.266 e. The zero-order valence-electron chi connectivity index (χ0n) is 17.6. The van der Waals surface area contributed by atoms with E-state index < -0.39 is 0 Å². The molecule has 0 aromatic heterocycles. The van der Waals surface area contributed by atoms with Crippen LogP contribution in [0.4, 0.5) is 5.69 Å². The molecule has 0 saturated carbocycles. The highest BCUT2D eigenvalue weighted by Gasteiger charge is 2.39. The van der Waals surface area contributed by atoms with E-state index in [-0.39, 0.29) is 11.3 Å². The van der Waals surface area contributed by atoms with E-state index in [1.165, 1.54) is 11.8 Å². The van der Waals surface area contributed by atoms with Crippen LogP contribution in [0.25, 0.3) is 6.08 Å². The van der Waals surface area contributed by atoms with Gasteiger partial charge in [-0.2, -0.15) is 0 Å². The van der Waals surface area contributed by atoms with E-state index >= 15 is 0 Å². The molecule has 162 valence electrons. The van der Waals surface area contributed by atoms with Crippen LogP contribution in [0.5, 0.6) is 11.5 Å². The molecule has 5 rings (SSSR count). The molecule has 0 radical (unpaired) electrons. The minimum Gasteiger partial charge on any atom is -0.457 e. The van der Waals surface area contributed by atoms with E-state index in [1.807, 2.05) is 115 Å². The molecule has 1 unspecified atom stereocenters. The fourth-order valence-corrected chi connectivity index (χ4v) is 5.18. The van der Waals surface area contributed by atoms with Gasteiger partial charge in [-0.1, -0.05) is 96.2 Å². The number of thioether (sulfide) groups is 1. The summed E-state index contributed by atoms with van der Waals surface area (Å²) < 4.78 is 5.96. The molecule has 1 amide bonds. The fourth-order valence-electron chi connectivity index (χ4n) is 3.71. The predicted molar refractivity (Wildman–Crippen MR) is 137 cm³/mol. The second-order valence-corrected chi connectivity index (χ2v) is 9.03. The van der Waals surface area contributed by atoms with Gasteiger partial charge in [0.1, 0.15) is 16.9 Å². The van der Waals surface area contributed by atoms with Gasteiger partial charge in [-0.05, 0) is 53.6 Å². The first-order valence-electron chi connectivity index (χ1n) is 10.5. The lowest BCUT2D eigenvalue weighted by atomic mass is 10.1. The van der Waals surface area contributed by atoms with Crippen LogP contribution < -0.4 is 9.64 Å². The molecule has 0 spiro atoms. The predicted octanol–water partition coefficient (Wildman–Crippen LogP) is 7.95. The lowest BCUT2D eigenvalue weighted by molar-refractivity contribution is -0.114. The van der Waals surface area contributed by atoms with Crippen LogP contribution in [0.1, 0.15) is 16.5 Å². The summed E-state index contributed by atoms with van der Waals surface area (Å²) in [6.45, 7) is 0. The van der Waals surface area contributed by atoms with Crippen LogP contribution in [0, 0.1) is 0 Å². The lowest BCUT2D eigenvalue weighted by Gasteiger charge is -2.24. The van der Waals surface area contributed by atoms with Crippen molar-refractivity contribution in [2.45, 2.75) is 5.37 Å².